The van der Waals surface area contributed by atoms with Crippen molar-refractivity contribution in [2.75, 3.05) is 26.8 Å². The molecule has 0 spiro atoms. The predicted octanol–water partition coefficient (Wildman–Crippen LogP) is 4.57. The molecule has 0 bridgehead atoms. The highest BCUT2D eigenvalue weighted by atomic mass is 16.5. The molecule has 1 aliphatic carbocycles. The molecule has 2 atom stereocenters. The first kappa shape index (κ1) is 28.9. The Morgan fingerprint density at radius 2 is 1.82 bits per heavy atom. The minimum absolute atomic E-state index is 0.0695. The molecule has 4 heterocycles. The maximum Gasteiger partial charge on any atom is 0.255 e. The van der Waals surface area contributed by atoms with Crippen molar-refractivity contribution in [1.82, 2.24) is 20.1 Å². The van der Waals surface area contributed by atoms with Gasteiger partial charge in [0, 0.05) is 68.9 Å². The van der Waals surface area contributed by atoms with E-state index >= 15 is 0 Å². The van der Waals surface area contributed by atoms with Gasteiger partial charge in [0.05, 0.1) is 5.52 Å². The Hall–Kier alpha value is -3.82. The lowest BCUT2D eigenvalue weighted by molar-refractivity contribution is -0.136. The van der Waals surface area contributed by atoms with E-state index < -0.39 is 11.9 Å². The monoisotopic (exact) mass is 596 g/mol. The number of nitrogens with zero attached hydrogens (tertiary/aromatic N) is 3. The van der Waals surface area contributed by atoms with E-state index in [4.69, 9.17) is 14.5 Å². The topological polar surface area (TPSA) is 101 Å². The van der Waals surface area contributed by atoms with Crippen LogP contribution in [0, 0.1) is 5.92 Å². The summed E-state index contributed by atoms with van der Waals surface area (Å²) < 4.78 is 11.7. The third-order valence-electron chi connectivity index (χ3n) is 9.88. The van der Waals surface area contributed by atoms with Crippen molar-refractivity contribution in [1.29, 1.82) is 0 Å². The van der Waals surface area contributed by atoms with Crippen molar-refractivity contribution in [2.45, 2.75) is 76.1 Å². The number of rotatable bonds is 8. The second-order valence-corrected chi connectivity index (χ2v) is 12.9. The van der Waals surface area contributed by atoms with E-state index in [1.54, 1.807) is 18.1 Å². The minimum atomic E-state index is -0.612. The standard InChI is InChI=1S/C35H40N4O5/c1-43-21-22-2-5-24(6-3-22)30-11-7-25-16-23(4-10-31(25)36-30)18-38-15-14-28(20-38)44-27-8-9-29-26(17-27)19-39(35(29)42)32-12-13-33(40)37-34(32)41/h4,7-11,16-17,22,24,28,32H,2-3,5-6,12-15,18-21H2,1H3,(H,37,40,41)/t22?,24?,28-,32-/m0/s1. The molecule has 230 valence electrons. The van der Waals surface area contributed by atoms with Gasteiger partial charge in [0.1, 0.15) is 17.9 Å². The van der Waals surface area contributed by atoms with Crippen LogP contribution in [-0.2, 0) is 27.4 Å². The van der Waals surface area contributed by atoms with Crippen molar-refractivity contribution in [2.24, 2.45) is 5.92 Å². The molecule has 0 unspecified atom stereocenters. The molecular weight excluding hydrogens is 556 g/mol. The number of imide groups is 1. The molecule has 3 aliphatic heterocycles. The van der Waals surface area contributed by atoms with E-state index in [0.29, 0.717) is 30.4 Å². The number of nitrogens with one attached hydrogen (secondary N) is 1. The van der Waals surface area contributed by atoms with Crippen LogP contribution in [0.2, 0.25) is 0 Å². The van der Waals surface area contributed by atoms with Crippen molar-refractivity contribution >= 4 is 28.6 Å². The third-order valence-corrected chi connectivity index (χ3v) is 9.88. The summed E-state index contributed by atoms with van der Waals surface area (Å²) in [5.41, 5.74) is 5.03. The van der Waals surface area contributed by atoms with Crippen LogP contribution in [0.4, 0.5) is 0 Å². The zero-order valence-electron chi connectivity index (χ0n) is 25.3. The molecule has 7 rings (SSSR count). The molecule has 2 aromatic carbocycles. The molecule has 3 amide bonds. The number of ether oxygens (including phenoxy) is 2. The lowest BCUT2D eigenvalue weighted by Gasteiger charge is -2.29. The molecule has 1 N–H and O–H groups in total. The number of piperidine rings is 1. The first-order chi connectivity index (χ1) is 21.4. The van der Waals surface area contributed by atoms with Crippen LogP contribution in [0.15, 0.2) is 48.5 Å². The molecule has 4 aliphatic rings. The number of amides is 3. The first-order valence-corrected chi connectivity index (χ1v) is 16.0. The average Bonchev–Trinajstić information content (AvgIpc) is 3.60. The Balaban J connectivity index is 0.936. The number of fused-ring (bicyclic) bond motifs is 2. The Labute approximate surface area is 257 Å². The van der Waals surface area contributed by atoms with Gasteiger partial charge in [-0.1, -0.05) is 12.1 Å². The normalized spacial score (nSPS) is 25.8. The zero-order valence-corrected chi connectivity index (χ0v) is 25.3. The summed E-state index contributed by atoms with van der Waals surface area (Å²) in [6, 6.07) is 16.1. The van der Waals surface area contributed by atoms with E-state index in [9.17, 15) is 14.4 Å². The van der Waals surface area contributed by atoms with Crippen molar-refractivity contribution in [3.63, 3.8) is 0 Å². The highest BCUT2D eigenvalue weighted by molar-refractivity contribution is 6.05. The quantitative estimate of drug-likeness (QED) is 0.380. The average molecular weight is 597 g/mol. The van der Waals surface area contributed by atoms with Gasteiger partial charge in [-0.25, -0.2) is 0 Å². The lowest BCUT2D eigenvalue weighted by atomic mass is 9.80. The number of aromatic nitrogens is 1. The van der Waals surface area contributed by atoms with Gasteiger partial charge in [-0.3, -0.25) is 29.6 Å². The second kappa shape index (κ2) is 12.3. The Bertz CT molecular complexity index is 1580. The number of carbonyl (C=O) groups is 3. The number of hydrogen-bond donors (Lipinski definition) is 1. The SMILES string of the molecule is COCC1CCC(c2ccc3cc(CN4CC[C@H](Oc5ccc6c(c5)CN([C@H]5CCC(=O)NC5=O)C6=O)C4)ccc3n2)CC1. The zero-order chi connectivity index (χ0) is 30.2. The number of likely N-dealkylation sites (tertiary alicyclic amines) is 1. The van der Waals surface area contributed by atoms with E-state index in [0.717, 1.165) is 49.5 Å². The number of benzene rings is 2. The molecule has 1 saturated carbocycles. The number of pyridine rings is 1. The van der Waals surface area contributed by atoms with Gasteiger partial charge in [-0.2, -0.15) is 0 Å². The first-order valence-electron chi connectivity index (χ1n) is 16.0. The summed E-state index contributed by atoms with van der Waals surface area (Å²) in [7, 11) is 1.79. The van der Waals surface area contributed by atoms with Gasteiger partial charge >= 0.3 is 0 Å². The maximum absolute atomic E-state index is 13.0. The number of methoxy groups -OCH3 is 1. The Kier molecular flexibility index (Phi) is 8.08. The summed E-state index contributed by atoms with van der Waals surface area (Å²) in [5.74, 6) is 1.13. The second-order valence-electron chi connectivity index (χ2n) is 12.9. The highest BCUT2D eigenvalue weighted by Gasteiger charge is 2.39. The fourth-order valence-corrected chi connectivity index (χ4v) is 7.49. The predicted molar refractivity (Wildman–Crippen MR) is 165 cm³/mol. The van der Waals surface area contributed by atoms with Crippen LogP contribution in [0.1, 0.15) is 78.0 Å². The maximum atomic E-state index is 13.0. The van der Waals surface area contributed by atoms with Crippen molar-refractivity contribution in [3.8, 4) is 5.75 Å². The number of carbonyl (C=O) groups excluding carboxylic acids is 3. The summed E-state index contributed by atoms with van der Waals surface area (Å²) in [4.78, 5) is 45.9. The smallest absolute Gasteiger partial charge is 0.255 e. The van der Waals surface area contributed by atoms with E-state index in [-0.39, 0.29) is 24.3 Å². The molecule has 3 fully saturated rings. The fourth-order valence-electron chi connectivity index (χ4n) is 7.49. The Morgan fingerprint density at radius 3 is 2.64 bits per heavy atom. The van der Waals surface area contributed by atoms with Crippen molar-refractivity contribution in [3.05, 3.63) is 70.9 Å². The van der Waals surface area contributed by atoms with Crippen LogP contribution >= 0.6 is 0 Å². The lowest BCUT2D eigenvalue weighted by Crippen LogP contribution is -2.52. The van der Waals surface area contributed by atoms with Crippen LogP contribution in [0.5, 0.6) is 5.75 Å². The third kappa shape index (κ3) is 5.95. The molecule has 2 saturated heterocycles. The molecule has 44 heavy (non-hydrogen) atoms. The molecule has 3 aromatic rings. The summed E-state index contributed by atoms with van der Waals surface area (Å²) in [6.45, 7) is 3.87. The molecular formula is C35H40N4O5. The molecule has 9 nitrogen and oxygen atoms in total. The van der Waals surface area contributed by atoms with Gasteiger partial charge in [0.15, 0.2) is 0 Å². The van der Waals surface area contributed by atoms with Gasteiger partial charge < -0.3 is 14.4 Å². The van der Waals surface area contributed by atoms with E-state index in [2.05, 4.69) is 40.5 Å². The summed E-state index contributed by atoms with van der Waals surface area (Å²) in [6.07, 6.45) is 6.41. The number of hydrogen-bond acceptors (Lipinski definition) is 7. The van der Waals surface area contributed by atoms with Crippen LogP contribution in [-0.4, -0.2) is 71.5 Å². The van der Waals surface area contributed by atoms with Gasteiger partial charge in [0.25, 0.3) is 5.91 Å². The van der Waals surface area contributed by atoms with Gasteiger partial charge in [-0.15, -0.1) is 0 Å². The largest absolute Gasteiger partial charge is 0.489 e. The van der Waals surface area contributed by atoms with Crippen LogP contribution < -0.4 is 10.1 Å². The van der Waals surface area contributed by atoms with Gasteiger partial charge in [-0.05, 0) is 92.0 Å². The van der Waals surface area contributed by atoms with Gasteiger partial charge in [0.2, 0.25) is 11.8 Å². The van der Waals surface area contributed by atoms with Crippen LogP contribution in [0.3, 0.4) is 0 Å². The summed E-state index contributed by atoms with van der Waals surface area (Å²) in [5, 5.41) is 3.54. The fraction of sp³-hybridized carbons (Fsp3) is 0.486. The van der Waals surface area contributed by atoms with Crippen molar-refractivity contribution < 1.29 is 23.9 Å². The van der Waals surface area contributed by atoms with Crippen LogP contribution in [0.25, 0.3) is 10.9 Å². The minimum Gasteiger partial charge on any atom is -0.489 e. The molecule has 0 radical (unpaired) electrons. The Morgan fingerprint density at radius 1 is 0.955 bits per heavy atom. The summed E-state index contributed by atoms with van der Waals surface area (Å²) >= 11 is 0. The molecule has 1 aromatic heterocycles. The highest BCUT2D eigenvalue weighted by Crippen LogP contribution is 2.36. The molecule has 9 heteroatoms. The van der Waals surface area contributed by atoms with E-state index in [1.807, 2.05) is 12.1 Å². The van der Waals surface area contributed by atoms with E-state index in [1.165, 1.54) is 42.3 Å².